The van der Waals surface area contributed by atoms with Crippen LogP contribution in [0.3, 0.4) is 0 Å². The SMILES string of the molecule is Cc1ccc(S(=O)(=O)N2C[C@@H](c3ccccc3)[C@@]3(C)c4cc(Br)ccc4N(Cc4ccccc4)[C@@H]23)cc1. The van der Waals surface area contributed by atoms with Crippen molar-refractivity contribution in [1.82, 2.24) is 4.31 Å². The standard InChI is InChI=1S/C31H29BrN2O2S/c1-22-13-16-26(17-14-22)37(35,36)34-21-28(24-11-7-4-8-12-24)31(2)27-19-25(32)15-18-29(27)33(30(31)34)20-23-9-5-3-6-10-23/h3-19,28,30H,20-21H2,1-2H3/t28-,30-,31+/m0/s1. The molecule has 188 valence electrons. The van der Waals surface area contributed by atoms with Gasteiger partial charge in [0.25, 0.3) is 0 Å². The van der Waals surface area contributed by atoms with Gasteiger partial charge in [-0.1, -0.05) is 101 Å². The smallest absolute Gasteiger partial charge is 0.244 e. The lowest BCUT2D eigenvalue weighted by Crippen LogP contribution is -2.51. The second kappa shape index (κ2) is 9.12. The van der Waals surface area contributed by atoms with Crippen LogP contribution in [0.1, 0.15) is 35.1 Å². The molecule has 2 aliphatic heterocycles. The van der Waals surface area contributed by atoms with Gasteiger partial charge in [0.2, 0.25) is 10.0 Å². The maximum absolute atomic E-state index is 14.3. The Bertz CT molecular complexity index is 1540. The summed E-state index contributed by atoms with van der Waals surface area (Å²) in [6.45, 7) is 5.26. The summed E-state index contributed by atoms with van der Waals surface area (Å²) in [6.07, 6.45) is -0.367. The summed E-state index contributed by atoms with van der Waals surface area (Å²) in [6, 6.07) is 34.3. The van der Waals surface area contributed by atoms with E-state index in [0.29, 0.717) is 18.0 Å². The van der Waals surface area contributed by atoms with Crippen LogP contribution in [0, 0.1) is 6.92 Å². The van der Waals surface area contributed by atoms with Gasteiger partial charge in [0, 0.05) is 34.6 Å². The van der Waals surface area contributed by atoms with Gasteiger partial charge in [-0.15, -0.1) is 0 Å². The number of benzene rings is 4. The fourth-order valence-electron chi connectivity index (χ4n) is 6.24. The molecule has 0 aromatic heterocycles. The van der Waals surface area contributed by atoms with Crippen molar-refractivity contribution in [3.8, 4) is 0 Å². The van der Waals surface area contributed by atoms with Crippen LogP contribution in [0.15, 0.2) is 112 Å². The number of aryl methyl sites for hydroxylation is 1. The molecular weight excluding hydrogens is 544 g/mol. The van der Waals surface area contributed by atoms with Gasteiger partial charge in [-0.2, -0.15) is 4.31 Å². The van der Waals surface area contributed by atoms with Crippen LogP contribution in [-0.2, 0) is 22.0 Å². The highest BCUT2D eigenvalue weighted by Gasteiger charge is 2.62. The number of fused-ring (bicyclic) bond motifs is 3. The van der Waals surface area contributed by atoms with Gasteiger partial charge in [0.15, 0.2) is 0 Å². The second-order valence-electron chi connectivity index (χ2n) is 10.3. The fraction of sp³-hybridized carbons (Fsp3) is 0.226. The Hall–Kier alpha value is -2.93. The Balaban J connectivity index is 1.56. The van der Waals surface area contributed by atoms with Crippen LogP contribution in [0.25, 0.3) is 0 Å². The molecule has 0 aliphatic carbocycles. The minimum atomic E-state index is -3.76. The molecule has 3 atom stereocenters. The van der Waals surface area contributed by atoms with Crippen molar-refractivity contribution in [1.29, 1.82) is 0 Å². The highest BCUT2D eigenvalue weighted by atomic mass is 79.9. The molecule has 0 spiro atoms. The molecule has 37 heavy (non-hydrogen) atoms. The highest BCUT2D eigenvalue weighted by molar-refractivity contribution is 9.10. The van der Waals surface area contributed by atoms with E-state index in [0.717, 1.165) is 26.9 Å². The number of hydrogen-bond acceptors (Lipinski definition) is 3. The van der Waals surface area contributed by atoms with Gasteiger partial charge in [-0.25, -0.2) is 8.42 Å². The van der Waals surface area contributed by atoms with E-state index in [1.165, 1.54) is 5.56 Å². The monoisotopic (exact) mass is 572 g/mol. The van der Waals surface area contributed by atoms with Gasteiger partial charge >= 0.3 is 0 Å². The largest absolute Gasteiger partial charge is 0.349 e. The van der Waals surface area contributed by atoms with Gasteiger partial charge in [0.1, 0.15) is 6.17 Å². The predicted molar refractivity (Wildman–Crippen MR) is 152 cm³/mol. The van der Waals surface area contributed by atoms with Crippen LogP contribution in [0.4, 0.5) is 5.69 Å². The first-order chi connectivity index (χ1) is 17.8. The van der Waals surface area contributed by atoms with E-state index in [2.05, 4.69) is 70.2 Å². The first-order valence-electron chi connectivity index (χ1n) is 12.5. The number of halogens is 1. The maximum Gasteiger partial charge on any atom is 0.244 e. The zero-order valence-corrected chi connectivity index (χ0v) is 23.3. The molecule has 0 bridgehead atoms. The van der Waals surface area contributed by atoms with Crippen molar-refractivity contribution in [3.05, 3.63) is 130 Å². The van der Waals surface area contributed by atoms with E-state index in [4.69, 9.17) is 0 Å². The van der Waals surface area contributed by atoms with Crippen LogP contribution in [-0.4, -0.2) is 25.4 Å². The van der Waals surface area contributed by atoms with Crippen molar-refractivity contribution in [2.75, 3.05) is 11.4 Å². The summed E-state index contributed by atoms with van der Waals surface area (Å²) < 4.78 is 31.4. The van der Waals surface area contributed by atoms with E-state index in [9.17, 15) is 8.42 Å². The van der Waals surface area contributed by atoms with Crippen molar-refractivity contribution < 1.29 is 8.42 Å². The third-order valence-electron chi connectivity index (χ3n) is 8.06. The molecule has 6 heteroatoms. The molecule has 4 aromatic carbocycles. The van der Waals surface area contributed by atoms with Crippen LogP contribution >= 0.6 is 15.9 Å². The predicted octanol–water partition coefficient (Wildman–Crippen LogP) is 6.85. The van der Waals surface area contributed by atoms with Crippen molar-refractivity contribution in [3.63, 3.8) is 0 Å². The average molecular weight is 574 g/mol. The van der Waals surface area contributed by atoms with Crippen molar-refractivity contribution in [2.45, 2.75) is 42.8 Å². The molecule has 4 aromatic rings. The fourth-order valence-corrected chi connectivity index (χ4v) is 8.29. The Kier molecular flexibility index (Phi) is 6.02. The van der Waals surface area contributed by atoms with E-state index < -0.39 is 15.4 Å². The first-order valence-corrected chi connectivity index (χ1v) is 14.8. The lowest BCUT2D eigenvalue weighted by atomic mass is 9.71. The van der Waals surface area contributed by atoms with E-state index >= 15 is 0 Å². The van der Waals surface area contributed by atoms with Crippen LogP contribution in [0.5, 0.6) is 0 Å². The number of sulfonamides is 1. The Morgan fingerprint density at radius 2 is 1.54 bits per heavy atom. The van der Waals surface area contributed by atoms with E-state index in [1.807, 2.05) is 55.5 Å². The molecule has 6 rings (SSSR count). The summed E-state index contributed by atoms with van der Waals surface area (Å²) in [7, 11) is -3.76. The Morgan fingerprint density at radius 3 is 2.22 bits per heavy atom. The number of rotatable bonds is 5. The van der Waals surface area contributed by atoms with Crippen molar-refractivity contribution in [2.24, 2.45) is 0 Å². The highest BCUT2D eigenvalue weighted by Crippen LogP contribution is 2.59. The Morgan fingerprint density at radius 1 is 0.892 bits per heavy atom. The zero-order valence-electron chi connectivity index (χ0n) is 20.9. The summed E-state index contributed by atoms with van der Waals surface area (Å²) in [5.74, 6) is -0.00672. The molecule has 0 saturated carbocycles. The maximum atomic E-state index is 14.3. The minimum absolute atomic E-state index is 0.00672. The van der Waals surface area contributed by atoms with Crippen LogP contribution < -0.4 is 4.90 Å². The lowest BCUT2D eigenvalue weighted by molar-refractivity contribution is 0.313. The topological polar surface area (TPSA) is 40.6 Å². The second-order valence-corrected chi connectivity index (χ2v) is 13.1. The summed E-state index contributed by atoms with van der Waals surface area (Å²) in [4.78, 5) is 2.64. The minimum Gasteiger partial charge on any atom is -0.349 e. The molecule has 2 heterocycles. The quantitative estimate of drug-likeness (QED) is 0.262. The molecule has 1 saturated heterocycles. The summed E-state index contributed by atoms with van der Waals surface area (Å²) in [5.41, 5.74) is 5.16. The Labute approximate surface area is 227 Å². The molecule has 2 aliphatic rings. The van der Waals surface area contributed by atoms with E-state index in [-0.39, 0.29) is 12.1 Å². The zero-order chi connectivity index (χ0) is 25.8. The molecule has 0 unspecified atom stereocenters. The first kappa shape index (κ1) is 24.4. The van der Waals surface area contributed by atoms with Crippen molar-refractivity contribution >= 4 is 31.6 Å². The van der Waals surface area contributed by atoms with Gasteiger partial charge in [-0.05, 0) is 53.9 Å². The molecule has 0 amide bonds. The third-order valence-corrected chi connectivity index (χ3v) is 10.4. The van der Waals surface area contributed by atoms with E-state index in [1.54, 1.807) is 16.4 Å². The summed E-state index contributed by atoms with van der Waals surface area (Å²) in [5, 5.41) is 0. The average Bonchev–Trinajstić information content (AvgIpc) is 3.34. The van der Waals surface area contributed by atoms with Crippen LogP contribution in [0.2, 0.25) is 0 Å². The lowest BCUT2D eigenvalue weighted by Gasteiger charge is -2.37. The molecule has 0 N–H and O–H groups in total. The van der Waals surface area contributed by atoms with Gasteiger partial charge in [0.05, 0.1) is 4.90 Å². The molecule has 4 nitrogen and oxygen atoms in total. The number of nitrogens with zero attached hydrogens (tertiary/aromatic N) is 2. The number of anilines is 1. The normalized spacial score (nSPS) is 23.2. The molecule has 0 radical (unpaired) electrons. The van der Waals surface area contributed by atoms with Gasteiger partial charge in [-0.3, -0.25) is 0 Å². The molecule has 1 fully saturated rings. The third kappa shape index (κ3) is 3.94. The summed E-state index contributed by atoms with van der Waals surface area (Å²) >= 11 is 3.70. The number of hydrogen-bond donors (Lipinski definition) is 0. The molecular formula is C31H29BrN2O2S. The van der Waals surface area contributed by atoms with Gasteiger partial charge < -0.3 is 4.90 Å².